The van der Waals surface area contributed by atoms with Crippen molar-refractivity contribution >= 4 is 17.8 Å². The predicted molar refractivity (Wildman–Crippen MR) is 98.4 cm³/mol. The molecule has 140 valence electrons. The van der Waals surface area contributed by atoms with E-state index in [1.54, 1.807) is 18.7 Å². The van der Waals surface area contributed by atoms with Gasteiger partial charge in [0.2, 0.25) is 5.91 Å². The van der Waals surface area contributed by atoms with Crippen molar-refractivity contribution in [2.45, 2.75) is 58.0 Å². The maximum absolute atomic E-state index is 13.1. The first kappa shape index (κ1) is 18.4. The van der Waals surface area contributed by atoms with E-state index in [1.807, 2.05) is 24.3 Å². The maximum Gasteiger partial charge on any atom is 0.326 e. The summed E-state index contributed by atoms with van der Waals surface area (Å²) in [7, 11) is 0. The highest BCUT2D eigenvalue weighted by Crippen LogP contribution is 2.31. The number of nitrogens with one attached hydrogen (secondary N) is 1. The molecule has 0 aliphatic carbocycles. The van der Waals surface area contributed by atoms with Crippen LogP contribution in [0.3, 0.4) is 0 Å². The van der Waals surface area contributed by atoms with E-state index >= 15 is 0 Å². The lowest BCUT2D eigenvalue weighted by Gasteiger charge is -2.27. The maximum atomic E-state index is 13.1. The molecule has 0 spiro atoms. The van der Waals surface area contributed by atoms with Crippen molar-refractivity contribution in [2.24, 2.45) is 0 Å². The van der Waals surface area contributed by atoms with Crippen LogP contribution in [0.4, 0.5) is 4.79 Å². The van der Waals surface area contributed by atoms with Gasteiger partial charge in [0.25, 0.3) is 5.91 Å². The Kier molecular flexibility index (Phi) is 5.03. The van der Waals surface area contributed by atoms with Crippen LogP contribution in [0.15, 0.2) is 24.3 Å². The van der Waals surface area contributed by atoms with Gasteiger partial charge in [0.05, 0.1) is 0 Å². The first-order valence-electron chi connectivity index (χ1n) is 9.42. The number of urea groups is 1. The van der Waals surface area contributed by atoms with E-state index in [2.05, 4.69) is 12.2 Å². The zero-order valence-electron chi connectivity index (χ0n) is 15.7. The minimum atomic E-state index is -1.14. The van der Waals surface area contributed by atoms with Crippen molar-refractivity contribution in [3.8, 4) is 0 Å². The van der Waals surface area contributed by atoms with Crippen LogP contribution in [0.25, 0.3) is 0 Å². The van der Waals surface area contributed by atoms with Crippen LogP contribution in [-0.4, -0.2) is 46.8 Å². The molecule has 2 unspecified atom stereocenters. The number of imide groups is 1. The predicted octanol–water partition coefficient (Wildman–Crippen LogP) is 2.42. The molecule has 0 saturated carbocycles. The van der Waals surface area contributed by atoms with Gasteiger partial charge in [-0.25, -0.2) is 9.69 Å². The Morgan fingerprint density at radius 1 is 1.19 bits per heavy atom. The third kappa shape index (κ3) is 3.08. The highest BCUT2D eigenvalue weighted by Gasteiger charge is 2.52. The van der Waals surface area contributed by atoms with Crippen molar-refractivity contribution in [2.75, 3.05) is 13.1 Å². The summed E-state index contributed by atoms with van der Waals surface area (Å²) in [5.41, 5.74) is 0.798. The van der Waals surface area contributed by atoms with Gasteiger partial charge < -0.3 is 10.2 Å². The Bertz CT molecular complexity index is 710. The number of nitrogens with zero attached hydrogens (tertiary/aromatic N) is 2. The molecule has 2 saturated heterocycles. The summed E-state index contributed by atoms with van der Waals surface area (Å²) in [6.45, 7) is 6.85. The Balaban J connectivity index is 1.81. The number of aryl methyl sites for hydroxylation is 1. The van der Waals surface area contributed by atoms with Crippen LogP contribution in [0.1, 0.15) is 51.2 Å². The van der Waals surface area contributed by atoms with Crippen LogP contribution in [-0.2, 0) is 21.5 Å². The molecule has 6 heteroatoms. The van der Waals surface area contributed by atoms with Crippen LogP contribution >= 0.6 is 0 Å². The van der Waals surface area contributed by atoms with Gasteiger partial charge in [0.1, 0.15) is 11.6 Å². The molecule has 0 radical (unpaired) electrons. The molecule has 1 N–H and O–H groups in total. The van der Waals surface area contributed by atoms with Gasteiger partial charge in [0.15, 0.2) is 0 Å². The van der Waals surface area contributed by atoms with Crippen molar-refractivity contribution < 1.29 is 14.4 Å². The van der Waals surface area contributed by atoms with Gasteiger partial charge >= 0.3 is 6.03 Å². The molecule has 2 aliphatic rings. The third-order valence-corrected chi connectivity index (χ3v) is 5.45. The summed E-state index contributed by atoms with van der Waals surface area (Å²) in [4.78, 5) is 41.1. The minimum Gasteiger partial charge on any atom is -0.341 e. The normalized spacial score (nSPS) is 24.1. The standard InChI is InChI=1S/C20H27N3O3/c1-4-7-15-8-10-16(11-9-15)20(3)18(25)23(19(26)21-20)14(2)17(24)22-12-5-6-13-22/h8-11,14H,4-7,12-13H2,1-3H3,(H,21,26). The van der Waals surface area contributed by atoms with Crippen molar-refractivity contribution in [1.82, 2.24) is 15.1 Å². The lowest BCUT2D eigenvalue weighted by Crippen LogP contribution is -2.49. The molecular weight excluding hydrogens is 330 g/mol. The number of benzene rings is 1. The number of rotatable bonds is 5. The van der Waals surface area contributed by atoms with Gasteiger partial charge in [-0.3, -0.25) is 9.59 Å². The zero-order chi connectivity index (χ0) is 18.9. The number of likely N-dealkylation sites (tertiary alicyclic amines) is 1. The van der Waals surface area contributed by atoms with Crippen LogP contribution in [0.5, 0.6) is 0 Å². The molecule has 3 rings (SSSR count). The monoisotopic (exact) mass is 357 g/mol. The second kappa shape index (κ2) is 7.09. The van der Waals surface area contributed by atoms with Gasteiger partial charge in [-0.05, 0) is 44.2 Å². The summed E-state index contributed by atoms with van der Waals surface area (Å²) < 4.78 is 0. The fraction of sp³-hybridized carbons (Fsp3) is 0.550. The highest BCUT2D eigenvalue weighted by atomic mass is 16.2. The van der Waals surface area contributed by atoms with E-state index in [0.29, 0.717) is 13.1 Å². The molecule has 26 heavy (non-hydrogen) atoms. The van der Waals surface area contributed by atoms with Crippen molar-refractivity contribution in [3.05, 3.63) is 35.4 Å². The third-order valence-electron chi connectivity index (χ3n) is 5.45. The first-order valence-corrected chi connectivity index (χ1v) is 9.42. The quantitative estimate of drug-likeness (QED) is 0.823. The van der Waals surface area contributed by atoms with Crippen LogP contribution in [0.2, 0.25) is 0 Å². The Morgan fingerprint density at radius 2 is 1.81 bits per heavy atom. The van der Waals surface area contributed by atoms with Crippen molar-refractivity contribution in [1.29, 1.82) is 0 Å². The molecule has 4 amide bonds. The number of carbonyl (C=O) groups excluding carboxylic acids is 3. The second-order valence-electron chi connectivity index (χ2n) is 7.39. The zero-order valence-corrected chi connectivity index (χ0v) is 15.7. The topological polar surface area (TPSA) is 69.7 Å². The Morgan fingerprint density at radius 3 is 2.38 bits per heavy atom. The van der Waals surface area contributed by atoms with E-state index in [1.165, 1.54) is 5.56 Å². The highest BCUT2D eigenvalue weighted by molar-refractivity contribution is 6.09. The summed E-state index contributed by atoms with van der Waals surface area (Å²) >= 11 is 0. The molecule has 1 aromatic carbocycles. The molecule has 2 heterocycles. The summed E-state index contributed by atoms with van der Waals surface area (Å²) in [6, 6.07) is 6.46. The van der Waals surface area contributed by atoms with E-state index in [9.17, 15) is 14.4 Å². The Labute approximate surface area is 154 Å². The molecule has 0 bridgehead atoms. The van der Waals surface area contributed by atoms with E-state index in [0.717, 1.165) is 36.1 Å². The van der Waals surface area contributed by atoms with Crippen LogP contribution < -0.4 is 5.32 Å². The summed E-state index contributed by atoms with van der Waals surface area (Å²) in [5.74, 6) is -0.528. The number of carbonyl (C=O) groups is 3. The molecule has 2 aliphatic heterocycles. The molecule has 0 aromatic heterocycles. The average molecular weight is 357 g/mol. The van der Waals surface area contributed by atoms with Gasteiger partial charge in [-0.15, -0.1) is 0 Å². The number of hydrogen-bond donors (Lipinski definition) is 1. The fourth-order valence-corrected chi connectivity index (χ4v) is 3.81. The van der Waals surface area contributed by atoms with Gasteiger partial charge in [0, 0.05) is 13.1 Å². The summed E-state index contributed by atoms with van der Waals surface area (Å²) in [6.07, 6.45) is 3.97. The van der Waals surface area contributed by atoms with E-state index in [-0.39, 0.29) is 11.8 Å². The van der Waals surface area contributed by atoms with Gasteiger partial charge in [-0.1, -0.05) is 37.6 Å². The Hall–Kier alpha value is -2.37. The average Bonchev–Trinajstić information content (AvgIpc) is 3.23. The lowest BCUT2D eigenvalue weighted by molar-refractivity contribution is -0.142. The second-order valence-corrected chi connectivity index (χ2v) is 7.39. The largest absolute Gasteiger partial charge is 0.341 e. The number of amides is 4. The molecule has 2 atom stereocenters. The first-order chi connectivity index (χ1) is 12.4. The van der Waals surface area contributed by atoms with Crippen molar-refractivity contribution in [3.63, 3.8) is 0 Å². The molecule has 1 aromatic rings. The van der Waals surface area contributed by atoms with E-state index < -0.39 is 17.6 Å². The molecule has 2 fully saturated rings. The van der Waals surface area contributed by atoms with Crippen LogP contribution in [0, 0.1) is 0 Å². The van der Waals surface area contributed by atoms with E-state index in [4.69, 9.17) is 0 Å². The SMILES string of the molecule is CCCc1ccc(C2(C)NC(=O)N(C(C)C(=O)N3CCCC3)C2=O)cc1. The fourth-order valence-electron chi connectivity index (χ4n) is 3.81. The lowest BCUT2D eigenvalue weighted by atomic mass is 9.90. The van der Waals surface area contributed by atoms with Gasteiger partial charge in [-0.2, -0.15) is 0 Å². The molecular formula is C20H27N3O3. The smallest absolute Gasteiger partial charge is 0.326 e. The number of hydrogen-bond acceptors (Lipinski definition) is 3. The molecule has 6 nitrogen and oxygen atoms in total. The summed E-state index contributed by atoms with van der Waals surface area (Å²) in [5, 5.41) is 2.79. The minimum absolute atomic E-state index is 0.159.